The van der Waals surface area contributed by atoms with Crippen LogP contribution in [-0.4, -0.2) is 30.6 Å². The van der Waals surface area contributed by atoms with Gasteiger partial charge in [0.2, 0.25) is 0 Å². The largest absolute Gasteiger partial charge is 0.311 e. The monoisotopic (exact) mass is 344 g/mol. The highest BCUT2D eigenvalue weighted by Gasteiger charge is 2.23. The summed E-state index contributed by atoms with van der Waals surface area (Å²) in [7, 11) is 0. The molecule has 0 bridgehead atoms. The second kappa shape index (κ2) is 7.07. The molecule has 1 saturated heterocycles. The van der Waals surface area contributed by atoms with Crippen molar-refractivity contribution >= 4 is 27.5 Å². The Morgan fingerprint density at radius 2 is 2.32 bits per heavy atom. The van der Waals surface area contributed by atoms with Gasteiger partial charge in [-0.15, -0.1) is 0 Å². The van der Waals surface area contributed by atoms with Crippen LogP contribution in [0, 0.1) is 5.92 Å². The van der Waals surface area contributed by atoms with E-state index in [0.29, 0.717) is 6.04 Å². The predicted molar refractivity (Wildman–Crippen MR) is 85.7 cm³/mol. The van der Waals surface area contributed by atoms with Gasteiger partial charge in [0, 0.05) is 41.7 Å². The summed E-state index contributed by atoms with van der Waals surface area (Å²) in [4.78, 5) is 2.50. The smallest absolute Gasteiger partial charge is 0.0462 e. The van der Waals surface area contributed by atoms with Crippen molar-refractivity contribution in [2.45, 2.75) is 32.9 Å². The maximum Gasteiger partial charge on any atom is 0.0462 e. The zero-order valence-corrected chi connectivity index (χ0v) is 14.0. The molecule has 1 aromatic rings. The van der Waals surface area contributed by atoms with Crippen molar-refractivity contribution in [3.8, 4) is 0 Å². The molecule has 106 valence electrons. The van der Waals surface area contributed by atoms with Crippen LogP contribution in [0.4, 0.5) is 0 Å². The molecule has 1 aromatic carbocycles. The Labute approximate surface area is 129 Å². The first kappa shape index (κ1) is 15.3. The SMILES string of the molecule is CCC(C)C1CN(Cc2ccc(Br)cc2Cl)CCN1. The number of piperazine rings is 1. The Hall–Kier alpha value is -0.0900. The molecule has 1 N–H and O–H groups in total. The van der Waals surface area contributed by atoms with Gasteiger partial charge in [0.15, 0.2) is 0 Å². The van der Waals surface area contributed by atoms with E-state index in [-0.39, 0.29) is 0 Å². The molecule has 0 spiro atoms. The number of rotatable bonds is 4. The van der Waals surface area contributed by atoms with E-state index in [4.69, 9.17) is 11.6 Å². The average Bonchev–Trinajstić information content (AvgIpc) is 2.41. The van der Waals surface area contributed by atoms with Crippen LogP contribution in [-0.2, 0) is 6.54 Å². The molecular weight excluding hydrogens is 324 g/mol. The zero-order chi connectivity index (χ0) is 13.8. The molecular formula is C15H22BrClN2. The summed E-state index contributed by atoms with van der Waals surface area (Å²) in [5, 5.41) is 4.48. The van der Waals surface area contributed by atoms with Gasteiger partial charge < -0.3 is 5.32 Å². The number of halogens is 2. The lowest BCUT2D eigenvalue weighted by Crippen LogP contribution is -2.52. The van der Waals surface area contributed by atoms with E-state index < -0.39 is 0 Å². The van der Waals surface area contributed by atoms with Crippen LogP contribution in [0.15, 0.2) is 22.7 Å². The lowest BCUT2D eigenvalue weighted by Gasteiger charge is -2.36. The maximum atomic E-state index is 6.30. The van der Waals surface area contributed by atoms with Crippen LogP contribution < -0.4 is 5.32 Å². The molecule has 2 unspecified atom stereocenters. The fourth-order valence-corrected chi connectivity index (χ4v) is 3.28. The molecule has 0 aliphatic carbocycles. The van der Waals surface area contributed by atoms with Crippen LogP contribution >= 0.6 is 27.5 Å². The van der Waals surface area contributed by atoms with E-state index >= 15 is 0 Å². The Morgan fingerprint density at radius 3 is 3.00 bits per heavy atom. The van der Waals surface area contributed by atoms with Gasteiger partial charge in [-0.1, -0.05) is 53.9 Å². The third-order valence-corrected chi connectivity index (χ3v) is 4.87. The van der Waals surface area contributed by atoms with E-state index in [1.807, 2.05) is 6.07 Å². The molecule has 1 aliphatic rings. The van der Waals surface area contributed by atoms with Crippen molar-refractivity contribution in [3.63, 3.8) is 0 Å². The maximum absolute atomic E-state index is 6.30. The van der Waals surface area contributed by atoms with Crippen LogP contribution in [0.1, 0.15) is 25.8 Å². The fraction of sp³-hybridized carbons (Fsp3) is 0.600. The molecule has 19 heavy (non-hydrogen) atoms. The van der Waals surface area contributed by atoms with Gasteiger partial charge in [-0.3, -0.25) is 4.90 Å². The summed E-state index contributed by atoms with van der Waals surface area (Å²) in [6.07, 6.45) is 1.23. The highest BCUT2D eigenvalue weighted by atomic mass is 79.9. The molecule has 0 aromatic heterocycles. The van der Waals surface area contributed by atoms with Crippen molar-refractivity contribution in [3.05, 3.63) is 33.3 Å². The molecule has 1 heterocycles. The minimum Gasteiger partial charge on any atom is -0.311 e. The van der Waals surface area contributed by atoms with E-state index in [2.05, 4.69) is 52.1 Å². The summed E-state index contributed by atoms with van der Waals surface area (Å²) < 4.78 is 1.04. The molecule has 0 amide bonds. The molecule has 2 atom stereocenters. The lowest BCUT2D eigenvalue weighted by atomic mass is 9.97. The normalized spacial score (nSPS) is 22.4. The summed E-state index contributed by atoms with van der Waals surface area (Å²) in [6.45, 7) is 8.81. The Bertz CT molecular complexity index is 425. The number of nitrogens with one attached hydrogen (secondary N) is 1. The summed E-state index contributed by atoms with van der Waals surface area (Å²) in [5.41, 5.74) is 1.22. The molecule has 1 fully saturated rings. The summed E-state index contributed by atoms with van der Waals surface area (Å²) in [5.74, 6) is 0.725. The third kappa shape index (κ3) is 4.19. The topological polar surface area (TPSA) is 15.3 Å². The van der Waals surface area contributed by atoms with Crippen LogP contribution in [0.2, 0.25) is 5.02 Å². The average molecular weight is 346 g/mol. The van der Waals surface area contributed by atoms with Crippen LogP contribution in [0.5, 0.6) is 0 Å². The van der Waals surface area contributed by atoms with E-state index in [9.17, 15) is 0 Å². The highest BCUT2D eigenvalue weighted by molar-refractivity contribution is 9.10. The van der Waals surface area contributed by atoms with Crippen molar-refractivity contribution in [1.29, 1.82) is 0 Å². The van der Waals surface area contributed by atoms with Gasteiger partial charge in [0.05, 0.1) is 0 Å². The third-order valence-electron chi connectivity index (χ3n) is 4.03. The van der Waals surface area contributed by atoms with E-state index in [0.717, 1.165) is 41.6 Å². The molecule has 2 rings (SSSR count). The number of hydrogen-bond acceptors (Lipinski definition) is 2. The second-order valence-electron chi connectivity index (χ2n) is 5.42. The number of benzene rings is 1. The van der Waals surface area contributed by atoms with Crippen LogP contribution in [0.25, 0.3) is 0 Å². The number of hydrogen-bond donors (Lipinski definition) is 1. The summed E-state index contributed by atoms with van der Waals surface area (Å²) in [6, 6.07) is 6.76. The molecule has 1 aliphatic heterocycles. The fourth-order valence-electron chi connectivity index (χ4n) is 2.54. The van der Waals surface area contributed by atoms with Gasteiger partial charge in [-0.2, -0.15) is 0 Å². The first-order valence-electron chi connectivity index (χ1n) is 6.99. The van der Waals surface area contributed by atoms with Crippen LogP contribution in [0.3, 0.4) is 0 Å². The van der Waals surface area contributed by atoms with Crippen molar-refractivity contribution in [2.24, 2.45) is 5.92 Å². The molecule has 0 saturated carbocycles. The summed E-state index contributed by atoms with van der Waals surface area (Å²) >= 11 is 9.75. The Morgan fingerprint density at radius 1 is 1.53 bits per heavy atom. The van der Waals surface area contributed by atoms with E-state index in [1.165, 1.54) is 12.0 Å². The standard InChI is InChI=1S/C15H22BrClN2/c1-3-11(2)15-10-19(7-6-18-15)9-12-4-5-13(16)8-14(12)17/h4-5,8,11,15,18H,3,6-7,9-10H2,1-2H3. The van der Waals surface area contributed by atoms with Crippen molar-refractivity contribution < 1.29 is 0 Å². The van der Waals surface area contributed by atoms with Gasteiger partial charge in [-0.25, -0.2) is 0 Å². The van der Waals surface area contributed by atoms with E-state index in [1.54, 1.807) is 0 Å². The molecule has 4 heteroatoms. The minimum absolute atomic E-state index is 0.605. The van der Waals surface area contributed by atoms with Crippen molar-refractivity contribution in [1.82, 2.24) is 10.2 Å². The van der Waals surface area contributed by atoms with Gasteiger partial charge in [0.1, 0.15) is 0 Å². The minimum atomic E-state index is 0.605. The van der Waals surface area contributed by atoms with Gasteiger partial charge >= 0.3 is 0 Å². The Kier molecular flexibility index (Phi) is 5.70. The first-order valence-corrected chi connectivity index (χ1v) is 8.17. The predicted octanol–water partition coefficient (Wildman–Crippen LogP) is 3.92. The lowest BCUT2D eigenvalue weighted by molar-refractivity contribution is 0.162. The highest BCUT2D eigenvalue weighted by Crippen LogP contribution is 2.23. The molecule has 0 radical (unpaired) electrons. The quantitative estimate of drug-likeness (QED) is 0.889. The number of nitrogens with zero attached hydrogens (tertiary/aromatic N) is 1. The first-order chi connectivity index (χ1) is 9.10. The van der Waals surface area contributed by atoms with Crippen molar-refractivity contribution in [2.75, 3.05) is 19.6 Å². The molecule has 2 nitrogen and oxygen atoms in total. The Balaban J connectivity index is 1.98. The van der Waals surface area contributed by atoms with Gasteiger partial charge in [-0.05, 0) is 23.6 Å². The second-order valence-corrected chi connectivity index (χ2v) is 6.74. The van der Waals surface area contributed by atoms with Gasteiger partial charge in [0.25, 0.3) is 0 Å². The zero-order valence-electron chi connectivity index (χ0n) is 11.6.